The second-order valence-electron chi connectivity index (χ2n) is 7.14. The number of rotatable bonds is 8. The summed E-state index contributed by atoms with van der Waals surface area (Å²) in [6, 6.07) is 12.9. The molecule has 1 aromatic heterocycles. The molecule has 0 bridgehead atoms. The Bertz CT molecular complexity index is 1010. The summed E-state index contributed by atoms with van der Waals surface area (Å²) in [5.41, 5.74) is 3.40. The summed E-state index contributed by atoms with van der Waals surface area (Å²) in [5, 5.41) is 7.27. The van der Waals surface area contributed by atoms with Gasteiger partial charge in [-0.2, -0.15) is 5.10 Å². The summed E-state index contributed by atoms with van der Waals surface area (Å²) in [7, 11) is 3.19. The first kappa shape index (κ1) is 21.2. The molecule has 0 saturated heterocycles. The molecule has 0 saturated carbocycles. The van der Waals surface area contributed by atoms with Gasteiger partial charge in [0.05, 0.1) is 20.3 Å². The van der Waals surface area contributed by atoms with E-state index in [-0.39, 0.29) is 18.7 Å². The zero-order valence-electron chi connectivity index (χ0n) is 17.9. The van der Waals surface area contributed by atoms with Gasteiger partial charge in [-0.05, 0) is 68.3 Å². The third kappa shape index (κ3) is 5.11. The van der Waals surface area contributed by atoms with E-state index in [1.54, 1.807) is 31.2 Å². The zero-order chi connectivity index (χ0) is 21.7. The first-order valence-electron chi connectivity index (χ1n) is 9.67. The Morgan fingerprint density at radius 2 is 1.77 bits per heavy atom. The lowest BCUT2D eigenvalue weighted by atomic mass is 10.1. The third-order valence-corrected chi connectivity index (χ3v) is 4.68. The van der Waals surface area contributed by atoms with Gasteiger partial charge in [0.15, 0.2) is 6.73 Å². The lowest BCUT2D eigenvalue weighted by molar-refractivity contribution is 0.0932. The molecule has 3 aromatic rings. The number of aryl methyl sites for hydroxylation is 2. The van der Waals surface area contributed by atoms with E-state index < -0.39 is 0 Å². The number of aromatic nitrogens is 2. The van der Waals surface area contributed by atoms with Gasteiger partial charge in [0.2, 0.25) is 0 Å². The third-order valence-electron chi connectivity index (χ3n) is 4.68. The molecule has 0 radical (unpaired) electrons. The van der Waals surface area contributed by atoms with Crippen molar-refractivity contribution < 1.29 is 19.0 Å². The molecular formula is C23H27N3O4. The Hall–Kier alpha value is -3.48. The normalized spacial score (nSPS) is 11.6. The van der Waals surface area contributed by atoms with E-state index in [0.29, 0.717) is 17.2 Å². The van der Waals surface area contributed by atoms with Crippen LogP contribution in [0.3, 0.4) is 0 Å². The number of amides is 1. The lowest BCUT2D eigenvalue weighted by Gasteiger charge is -2.17. The maximum absolute atomic E-state index is 12.7. The minimum absolute atomic E-state index is 0.218. The highest BCUT2D eigenvalue weighted by Crippen LogP contribution is 2.29. The van der Waals surface area contributed by atoms with E-state index in [1.165, 1.54) is 0 Å². The maximum atomic E-state index is 12.7. The molecule has 0 aliphatic heterocycles. The molecule has 1 N–H and O–H groups in total. The number of carbonyl (C=O) groups excluding carboxylic acids is 1. The predicted octanol–water partition coefficient (Wildman–Crippen LogP) is 4.04. The van der Waals surface area contributed by atoms with Gasteiger partial charge in [-0.3, -0.25) is 4.79 Å². The average molecular weight is 409 g/mol. The van der Waals surface area contributed by atoms with Crippen LogP contribution < -0.4 is 19.5 Å². The van der Waals surface area contributed by atoms with Gasteiger partial charge in [0.25, 0.3) is 5.91 Å². The summed E-state index contributed by atoms with van der Waals surface area (Å²) < 4.78 is 18.1. The van der Waals surface area contributed by atoms with Crippen molar-refractivity contribution in [2.45, 2.75) is 33.5 Å². The Morgan fingerprint density at radius 3 is 2.43 bits per heavy atom. The van der Waals surface area contributed by atoms with Crippen LogP contribution in [0.5, 0.6) is 17.2 Å². The molecular weight excluding hydrogens is 382 g/mol. The van der Waals surface area contributed by atoms with Crippen LogP contribution in [0.25, 0.3) is 0 Å². The fourth-order valence-electron chi connectivity index (χ4n) is 3.24. The smallest absolute Gasteiger partial charge is 0.272 e. The van der Waals surface area contributed by atoms with Crippen molar-refractivity contribution in [2.24, 2.45) is 0 Å². The number of hydrogen-bond acceptors (Lipinski definition) is 5. The highest BCUT2D eigenvalue weighted by molar-refractivity contribution is 5.92. The van der Waals surface area contributed by atoms with Crippen molar-refractivity contribution in [2.75, 3.05) is 14.2 Å². The summed E-state index contributed by atoms with van der Waals surface area (Å²) in [4.78, 5) is 12.7. The molecule has 1 unspecified atom stereocenters. The van der Waals surface area contributed by atoms with Gasteiger partial charge in [-0.1, -0.05) is 6.07 Å². The van der Waals surface area contributed by atoms with E-state index in [0.717, 1.165) is 22.4 Å². The van der Waals surface area contributed by atoms with Gasteiger partial charge in [-0.15, -0.1) is 0 Å². The summed E-state index contributed by atoms with van der Waals surface area (Å²) in [6.45, 7) is 6.15. The topological polar surface area (TPSA) is 74.6 Å². The van der Waals surface area contributed by atoms with Crippen LogP contribution >= 0.6 is 0 Å². The van der Waals surface area contributed by atoms with Gasteiger partial charge in [-0.25, -0.2) is 4.68 Å². The molecule has 0 aliphatic carbocycles. The molecule has 158 valence electrons. The molecule has 2 aromatic carbocycles. The van der Waals surface area contributed by atoms with Gasteiger partial charge in [0.1, 0.15) is 22.9 Å². The van der Waals surface area contributed by atoms with Crippen molar-refractivity contribution >= 4 is 5.91 Å². The molecule has 0 fully saturated rings. The Kier molecular flexibility index (Phi) is 6.61. The van der Waals surface area contributed by atoms with Crippen LogP contribution in [0.1, 0.15) is 40.1 Å². The molecule has 7 nitrogen and oxygen atoms in total. The van der Waals surface area contributed by atoms with Crippen LogP contribution in [0, 0.1) is 13.8 Å². The Labute approximate surface area is 176 Å². The SMILES string of the molecule is COc1ccc(OC)c(C(C)NC(=O)c2ccn(COc3cc(C)cc(C)c3)n2)c1. The number of nitrogens with one attached hydrogen (secondary N) is 1. The minimum Gasteiger partial charge on any atom is -0.497 e. The van der Waals surface area contributed by atoms with Crippen LogP contribution in [-0.4, -0.2) is 29.9 Å². The van der Waals surface area contributed by atoms with Crippen molar-refractivity contribution in [3.8, 4) is 17.2 Å². The Balaban J connectivity index is 1.65. The second kappa shape index (κ2) is 9.35. The quantitative estimate of drug-likeness (QED) is 0.608. The molecule has 0 spiro atoms. The van der Waals surface area contributed by atoms with Crippen LogP contribution in [-0.2, 0) is 6.73 Å². The maximum Gasteiger partial charge on any atom is 0.272 e. The highest BCUT2D eigenvalue weighted by Gasteiger charge is 2.18. The predicted molar refractivity (Wildman–Crippen MR) is 114 cm³/mol. The van der Waals surface area contributed by atoms with E-state index in [9.17, 15) is 4.79 Å². The molecule has 7 heteroatoms. The Morgan fingerprint density at radius 1 is 1.03 bits per heavy atom. The monoisotopic (exact) mass is 409 g/mol. The van der Waals surface area contributed by atoms with Crippen LogP contribution in [0.2, 0.25) is 0 Å². The largest absolute Gasteiger partial charge is 0.497 e. The molecule has 3 rings (SSSR count). The van der Waals surface area contributed by atoms with Gasteiger partial charge < -0.3 is 19.5 Å². The summed E-state index contributed by atoms with van der Waals surface area (Å²) in [5.74, 6) is 1.86. The molecule has 30 heavy (non-hydrogen) atoms. The fourth-order valence-corrected chi connectivity index (χ4v) is 3.24. The number of hydrogen-bond donors (Lipinski definition) is 1. The number of carbonyl (C=O) groups is 1. The van der Waals surface area contributed by atoms with Crippen LogP contribution in [0.15, 0.2) is 48.7 Å². The zero-order valence-corrected chi connectivity index (χ0v) is 17.9. The van der Waals surface area contributed by atoms with Gasteiger partial charge in [0, 0.05) is 11.8 Å². The van der Waals surface area contributed by atoms with E-state index in [1.807, 2.05) is 51.1 Å². The van der Waals surface area contributed by atoms with E-state index >= 15 is 0 Å². The minimum atomic E-state index is -0.292. The highest BCUT2D eigenvalue weighted by atomic mass is 16.5. The molecule has 1 amide bonds. The summed E-state index contributed by atoms with van der Waals surface area (Å²) >= 11 is 0. The van der Waals surface area contributed by atoms with Crippen LogP contribution in [0.4, 0.5) is 0 Å². The lowest BCUT2D eigenvalue weighted by Crippen LogP contribution is -2.27. The number of ether oxygens (including phenoxy) is 3. The molecule has 0 aliphatic rings. The van der Waals surface area contributed by atoms with Crippen molar-refractivity contribution in [3.63, 3.8) is 0 Å². The first-order valence-corrected chi connectivity index (χ1v) is 9.67. The van der Waals surface area contributed by atoms with Crippen molar-refractivity contribution in [3.05, 3.63) is 71.0 Å². The fraction of sp³-hybridized carbons (Fsp3) is 0.304. The number of benzene rings is 2. The molecule has 1 atom stereocenters. The number of methoxy groups -OCH3 is 2. The number of nitrogens with zero attached hydrogens (tertiary/aromatic N) is 2. The van der Waals surface area contributed by atoms with Gasteiger partial charge >= 0.3 is 0 Å². The van der Waals surface area contributed by atoms with E-state index in [2.05, 4.69) is 16.5 Å². The summed E-state index contributed by atoms with van der Waals surface area (Å²) in [6.07, 6.45) is 1.72. The van der Waals surface area contributed by atoms with Crippen molar-refractivity contribution in [1.29, 1.82) is 0 Å². The average Bonchev–Trinajstić information content (AvgIpc) is 3.20. The van der Waals surface area contributed by atoms with Crippen molar-refractivity contribution in [1.82, 2.24) is 15.1 Å². The standard InChI is InChI=1S/C23H27N3O4/c1-15-10-16(2)12-19(11-15)30-14-26-9-8-21(25-26)23(27)24-17(3)20-13-18(28-4)6-7-22(20)29-5/h6-13,17H,14H2,1-5H3,(H,24,27). The first-order chi connectivity index (χ1) is 14.4. The van der Waals surface area contributed by atoms with E-state index in [4.69, 9.17) is 14.2 Å². The second-order valence-corrected chi connectivity index (χ2v) is 7.14. The molecule has 1 heterocycles.